The first-order valence-corrected chi connectivity index (χ1v) is 20.8. The van der Waals surface area contributed by atoms with E-state index in [-0.39, 0.29) is 5.41 Å². The molecule has 2 aliphatic heterocycles. The molecular weight excluding hydrogens is 731 g/mol. The maximum Gasteiger partial charge on any atom is 0.198 e. The number of nitrogens with zero attached hydrogens (tertiary/aromatic N) is 1. The van der Waals surface area contributed by atoms with Crippen molar-refractivity contribution in [1.29, 1.82) is 0 Å². The third-order valence-corrected chi connectivity index (χ3v) is 12.2. The van der Waals surface area contributed by atoms with E-state index in [4.69, 9.17) is 9.47 Å². The molecule has 0 unspecified atom stereocenters. The van der Waals surface area contributed by atoms with Crippen LogP contribution in [-0.2, 0) is 5.41 Å². The van der Waals surface area contributed by atoms with E-state index in [9.17, 15) is 0 Å². The van der Waals surface area contributed by atoms with Gasteiger partial charge in [0.25, 0.3) is 0 Å². The zero-order valence-electron chi connectivity index (χ0n) is 34.2. The maximum absolute atomic E-state index is 6.57. The van der Waals surface area contributed by atoms with Gasteiger partial charge in [0.05, 0.1) is 5.69 Å². The highest BCUT2D eigenvalue weighted by Gasteiger charge is 2.33. The van der Waals surface area contributed by atoms with Gasteiger partial charge in [-0.1, -0.05) is 148 Å². The molecule has 0 saturated carbocycles. The molecule has 0 spiro atoms. The lowest BCUT2D eigenvalue weighted by atomic mass is 9.57. The minimum Gasteiger partial charge on any atom is -0.450 e. The quantitative estimate of drug-likeness (QED) is 0.177. The Kier molecular flexibility index (Phi) is 8.35. The molecule has 60 heavy (non-hydrogen) atoms. The molecule has 0 bridgehead atoms. The van der Waals surface area contributed by atoms with Gasteiger partial charge in [-0.3, -0.25) is 0 Å². The molecule has 11 rings (SSSR count). The highest BCUT2D eigenvalue weighted by Crippen LogP contribution is 2.50. The minimum atomic E-state index is 0.0628. The zero-order chi connectivity index (χ0) is 40.5. The fourth-order valence-electron chi connectivity index (χ4n) is 9.13. The second-order valence-corrected chi connectivity index (χ2v) is 17.1. The van der Waals surface area contributed by atoms with Crippen LogP contribution in [0.2, 0.25) is 0 Å². The Morgan fingerprint density at radius 2 is 1.18 bits per heavy atom. The first kappa shape index (κ1) is 35.9. The van der Waals surface area contributed by atoms with Gasteiger partial charge >= 0.3 is 0 Å². The van der Waals surface area contributed by atoms with Gasteiger partial charge < -0.3 is 19.7 Å². The summed E-state index contributed by atoms with van der Waals surface area (Å²) in [6, 6.07) is 63.2. The number of benzene rings is 9. The van der Waals surface area contributed by atoms with Crippen LogP contribution in [0.3, 0.4) is 0 Å². The summed E-state index contributed by atoms with van der Waals surface area (Å²) >= 11 is 0. The molecule has 0 aromatic heterocycles. The molecular formula is C55H43BN2O2. The predicted molar refractivity (Wildman–Crippen MR) is 253 cm³/mol. The van der Waals surface area contributed by atoms with Crippen LogP contribution in [0.4, 0.5) is 28.4 Å². The molecule has 288 valence electrons. The lowest BCUT2D eigenvalue weighted by Crippen LogP contribution is -2.41. The van der Waals surface area contributed by atoms with Crippen LogP contribution < -0.4 is 30.6 Å². The molecule has 9 aromatic rings. The Hall–Kier alpha value is -7.24. The Morgan fingerprint density at radius 3 is 1.92 bits per heavy atom. The van der Waals surface area contributed by atoms with Crippen molar-refractivity contribution >= 4 is 68.2 Å². The Morgan fingerprint density at radius 1 is 0.517 bits per heavy atom. The Labute approximate surface area is 351 Å². The number of hydrogen-bond acceptors (Lipinski definition) is 4. The lowest BCUT2D eigenvalue weighted by Gasteiger charge is -2.37. The Balaban J connectivity index is 1.16. The number of hydrogen-bond donors (Lipinski definition) is 1. The number of fused-ring (bicyclic) bond motifs is 6. The van der Waals surface area contributed by atoms with Gasteiger partial charge in [-0.2, -0.15) is 0 Å². The van der Waals surface area contributed by atoms with Crippen molar-refractivity contribution in [2.75, 3.05) is 10.2 Å². The number of rotatable bonds is 5. The topological polar surface area (TPSA) is 33.7 Å². The van der Waals surface area contributed by atoms with Crippen molar-refractivity contribution in [2.24, 2.45) is 0 Å². The fraction of sp³-hybridized carbons (Fsp3) is 0.0909. The van der Waals surface area contributed by atoms with E-state index < -0.39 is 0 Å². The maximum atomic E-state index is 6.57. The monoisotopic (exact) mass is 774 g/mol. The van der Waals surface area contributed by atoms with Crippen molar-refractivity contribution in [3.05, 3.63) is 187 Å². The molecule has 0 aliphatic carbocycles. The summed E-state index contributed by atoms with van der Waals surface area (Å²) in [5.41, 5.74) is 15.2. The molecule has 2 heterocycles. The molecule has 0 amide bonds. The first-order chi connectivity index (χ1) is 29.3. The molecule has 1 N–H and O–H groups in total. The van der Waals surface area contributed by atoms with Gasteiger partial charge in [-0.25, -0.2) is 0 Å². The fourth-order valence-corrected chi connectivity index (χ4v) is 9.13. The van der Waals surface area contributed by atoms with E-state index in [2.05, 4.69) is 190 Å². The lowest BCUT2D eigenvalue weighted by molar-refractivity contribution is 0.360. The summed E-state index contributed by atoms with van der Waals surface area (Å²) in [4.78, 5) is 2.46. The summed E-state index contributed by atoms with van der Waals surface area (Å²) in [5, 5.41) is 8.71. The number of ether oxygens (including phenoxy) is 2. The predicted octanol–water partition coefficient (Wildman–Crippen LogP) is 13.7. The minimum absolute atomic E-state index is 0.0628. The van der Waals surface area contributed by atoms with E-state index in [0.717, 1.165) is 45.5 Å². The molecule has 0 saturated heterocycles. The standard InChI is InChI=1S/C55H43BN2O2/c1-34-30-37(35-14-6-5-7-15-35)23-29-45(34)58-46-33-51-50(59-48-20-12-13-21-49(48)60-51)32-44(46)56-53-47(58)31-38-17-9-10-18-41(38)52(53)43-28-22-36-16-8-11-19-42(36)54(43)57-40-26-24-39(25-27-40)55(2,3)4/h5-33,56-57H,1-4H3. The van der Waals surface area contributed by atoms with Crippen LogP contribution in [-0.4, -0.2) is 7.28 Å². The second kappa shape index (κ2) is 14.0. The SMILES string of the molecule is Cc1cc(-c2ccccc2)ccc1N1c2cc3c(cc2Bc2c1cc1ccccc1c2-c1ccc2ccccc2c1Nc1ccc(C(C)(C)C)cc1)Oc1ccccc1O3. The largest absolute Gasteiger partial charge is 0.450 e. The van der Waals surface area contributed by atoms with Crippen LogP contribution in [0.25, 0.3) is 43.8 Å². The average molecular weight is 775 g/mol. The van der Waals surface area contributed by atoms with E-state index in [1.807, 2.05) is 24.3 Å². The van der Waals surface area contributed by atoms with Crippen molar-refractivity contribution in [2.45, 2.75) is 33.1 Å². The van der Waals surface area contributed by atoms with Crippen LogP contribution >= 0.6 is 0 Å². The summed E-state index contributed by atoms with van der Waals surface area (Å²) < 4.78 is 13.1. The van der Waals surface area contributed by atoms with Gasteiger partial charge in [0.1, 0.15) is 0 Å². The van der Waals surface area contributed by atoms with E-state index in [1.165, 1.54) is 60.3 Å². The van der Waals surface area contributed by atoms with Crippen LogP contribution in [0, 0.1) is 6.92 Å². The molecule has 5 heteroatoms. The summed E-state index contributed by atoms with van der Waals surface area (Å²) in [5.74, 6) is 2.87. The first-order valence-electron chi connectivity index (χ1n) is 20.8. The Bertz CT molecular complexity index is 3150. The van der Waals surface area contributed by atoms with E-state index in [1.54, 1.807) is 0 Å². The van der Waals surface area contributed by atoms with Crippen LogP contribution in [0.1, 0.15) is 31.9 Å². The number of aryl methyl sites for hydroxylation is 1. The highest BCUT2D eigenvalue weighted by molar-refractivity contribution is 6.74. The second-order valence-electron chi connectivity index (χ2n) is 17.1. The number of nitrogens with one attached hydrogen (secondary N) is 1. The number of anilines is 5. The molecule has 0 fully saturated rings. The van der Waals surface area contributed by atoms with E-state index >= 15 is 0 Å². The molecule has 0 radical (unpaired) electrons. The van der Waals surface area contributed by atoms with Gasteiger partial charge in [0.2, 0.25) is 0 Å². The average Bonchev–Trinajstić information content (AvgIpc) is 3.27. The van der Waals surface area contributed by atoms with Crippen molar-refractivity contribution < 1.29 is 9.47 Å². The third kappa shape index (κ3) is 6.08. The molecule has 4 nitrogen and oxygen atoms in total. The normalized spacial score (nSPS) is 12.7. The molecule has 0 atom stereocenters. The summed E-state index contributed by atoms with van der Waals surface area (Å²) in [6.45, 7) is 9.01. The smallest absolute Gasteiger partial charge is 0.198 e. The van der Waals surface area contributed by atoms with Gasteiger partial charge in [0, 0.05) is 39.8 Å². The molecule has 2 aliphatic rings. The van der Waals surface area contributed by atoms with Crippen molar-refractivity contribution in [1.82, 2.24) is 0 Å². The van der Waals surface area contributed by atoms with Crippen molar-refractivity contribution in [3.63, 3.8) is 0 Å². The summed E-state index contributed by atoms with van der Waals surface area (Å²) in [7, 11) is 0.702. The van der Waals surface area contributed by atoms with E-state index in [0.29, 0.717) is 18.8 Å². The van der Waals surface area contributed by atoms with Gasteiger partial charge in [-0.05, 0) is 110 Å². The van der Waals surface area contributed by atoms with Crippen LogP contribution in [0.5, 0.6) is 23.0 Å². The highest BCUT2D eigenvalue weighted by atomic mass is 16.6. The van der Waals surface area contributed by atoms with Crippen molar-refractivity contribution in [3.8, 4) is 45.3 Å². The third-order valence-electron chi connectivity index (χ3n) is 12.2. The summed E-state index contributed by atoms with van der Waals surface area (Å²) in [6.07, 6.45) is 0. The zero-order valence-corrected chi connectivity index (χ0v) is 34.2. The van der Waals surface area contributed by atoms with Gasteiger partial charge in [0.15, 0.2) is 30.3 Å². The molecule has 9 aromatic carbocycles. The van der Waals surface area contributed by atoms with Crippen LogP contribution in [0.15, 0.2) is 176 Å². The van der Waals surface area contributed by atoms with Gasteiger partial charge in [-0.15, -0.1) is 0 Å². The number of para-hydroxylation sites is 2.